The van der Waals surface area contributed by atoms with Crippen LogP contribution in [0.5, 0.6) is 0 Å². The van der Waals surface area contributed by atoms with Gasteiger partial charge in [-0.15, -0.1) is 21.5 Å². The van der Waals surface area contributed by atoms with Gasteiger partial charge in [0.05, 0.1) is 5.57 Å². The highest BCUT2D eigenvalue weighted by Gasteiger charge is 2.48. The smallest absolute Gasteiger partial charge is 0.301 e. The molecular weight excluding hydrogens is 370 g/mol. The molecule has 0 aliphatic carbocycles. The molecule has 0 bridgehead atoms. The molecule has 1 saturated heterocycles. The fraction of sp³-hybridized carbons (Fsp3) is 0.111. The van der Waals surface area contributed by atoms with Crippen LogP contribution in [0.4, 0.5) is 5.13 Å². The number of thiophene rings is 1. The Labute approximate surface area is 157 Å². The highest BCUT2D eigenvalue weighted by Crippen LogP contribution is 2.44. The summed E-state index contributed by atoms with van der Waals surface area (Å²) in [6.07, 6.45) is 0. The van der Waals surface area contributed by atoms with Crippen LogP contribution in [0.3, 0.4) is 0 Å². The van der Waals surface area contributed by atoms with Crippen molar-refractivity contribution >= 4 is 45.3 Å². The molecule has 0 saturated carbocycles. The Morgan fingerprint density at radius 3 is 2.54 bits per heavy atom. The molecule has 0 spiro atoms. The molecule has 1 N–H and O–H groups in total. The molecule has 1 unspecified atom stereocenters. The van der Waals surface area contributed by atoms with Gasteiger partial charge in [-0.05, 0) is 19.1 Å². The molecule has 3 heterocycles. The zero-order valence-corrected chi connectivity index (χ0v) is 15.3. The lowest BCUT2D eigenvalue weighted by Crippen LogP contribution is -2.29. The van der Waals surface area contributed by atoms with E-state index in [1.54, 1.807) is 24.3 Å². The van der Waals surface area contributed by atoms with Crippen LogP contribution < -0.4 is 4.90 Å². The highest BCUT2D eigenvalue weighted by molar-refractivity contribution is 7.14. The first-order chi connectivity index (χ1) is 12.6. The lowest BCUT2D eigenvalue weighted by Gasteiger charge is -2.20. The lowest BCUT2D eigenvalue weighted by molar-refractivity contribution is -0.132. The number of anilines is 1. The molecule has 3 aromatic rings. The number of amides is 1. The van der Waals surface area contributed by atoms with Crippen molar-refractivity contribution in [1.29, 1.82) is 0 Å². The summed E-state index contributed by atoms with van der Waals surface area (Å²) in [5.74, 6) is -1.63. The Balaban J connectivity index is 1.94. The third-order valence-corrected chi connectivity index (χ3v) is 5.82. The molecule has 1 aromatic carbocycles. The van der Waals surface area contributed by atoms with Crippen molar-refractivity contribution in [3.8, 4) is 0 Å². The first-order valence-electron chi connectivity index (χ1n) is 7.77. The summed E-state index contributed by atoms with van der Waals surface area (Å²) >= 11 is 2.64. The average molecular weight is 383 g/mol. The van der Waals surface area contributed by atoms with E-state index >= 15 is 0 Å². The Morgan fingerprint density at radius 1 is 1.15 bits per heavy atom. The SMILES string of the molecule is Cc1ccc(C2/C(=C(\O)c3ccccc3)C(=O)C(=O)N2c2nncs2)s1. The minimum absolute atomic E-state index is 0.0678. The molecule has 6 nitrogen and oxygen atoms in total. The van der Waals surface area contributed by atoms with Gasteiger partial charge in [0, 0.05) is 15.3 Å². The van der Waals surface area contributed by atoms with Crippen molar-refractivity contribution in [3.63, 3.8) is 0 Å². The molecular formula is C18H13N3O3S2. The number of hydrogen-bond donors (Lipinski definition) is 1. The van der Waals surface area contributed by atoms with Crippen LogP contribution in [0.15, 0.2) is 53.5 Å². The monoisotopic (exact) mass is 383 g/mol. The number of aromatic nitrogens is 2. The van der Waals surface area contributed by atoms with E-state index in [2.05, 4.69) is 10.2 Å². The number of rotatable bonds is 3. The maximum absolute atomic E-state index is 12.8. The quantitative estimate of drug-likeness (QED) is 0.425. The molecule has 1 amide bonds. The largest absolute Gasteiger partial charge is 0.507 e. The molecule has 4 rings (SSSR count). The predicted octanol–water partition coefficient (Wildman–Crippen LogP) is 3.53. The normalized spacial score (nSPS) is 19.3. The van der Waals surface area contributed by atoms with E-state index in [4.69, 9.17) is 0 Å². The van der Waals surface area contributed by atoms with E-state index in [-0.39, 0.29) is 11.3 Å². The molecule has 0 radical (unpaired) electrons. The lowest BCUT2D eigenvalue weighted by atomic mass is 10.00. The summed E-state index contributed by atoms with van der Waals surface area (Å²) in [5, 5.41) is 18.9. The van der Waals surface area contributed by atoms with Crippen LogP contribution in [0.25, 0.3) is 5.76 Å². The number of Topliss-reactive ketones (excluding diaryl/α,β-unsaturated/α-hetero) is 1. The van der Waals surface area contributed by atoms with E-state index in [0.717, 1.165) is 9.75 Å². The zero-order chi connectivity index (χ0) is 18.3. The number of hydrogen-bond acceptors (Lipinski definition) is 7. The summed E-state index contributed by atoms with van der Waals surface area (Å²) in [7, 11) is 0. The van der Waals surface area contributed by atoms with Crippen molar-refractivity contribution in [1.82, 2.24) is 10.2 Å². The van der Waals surface area contributed by atoms with Crippen LogP contribution in [0, 0.1) is 6.92 Å². The number of benzene rings is 1. The predicted molar refractivity (Wildman–Crippen MR) is 100 cm³/mol. The van der Waals surface area contributed by atoms with Crippen LogP contribution in [0.2, 0.25) is 0 Å². The summed E-state index contributed by atoms with van der Waals surface area (Å²) in [5.41, 5.74) is 2.06. The number of nitrogens with zero attached hydrogens (tertiary/aromatic N) is 3. The summed E-state index contributed by atoms with van der Waals surface area (Å²) in [6.45, 7) is 1.95. The van der Waals surface area contributed by atoms with Gasteiger partial charge in [-0.2, -0.15) is 0 Å². The van der Waals surface area contributed by atoms with Gasteiger partial charge in [0.1, 0.15) is 17.3 Å². The zero-order valence-electron chi connectivity index (χ0n) is 13.6. The van der Waals surface area contributed by atoms with E-state index in [1.165, 1.54) is 33.1 Å². The van der Waals surface area contributed by atoms with Crippen LogP contribution in [0.1, 0.15) is 21.4 Å². The number of carbonyl (C=O) groups is 2. The molecule has 1 atom stereocenters. The van der Waals surface area contributed by atoms with Crippen molar-refractivity contribution in [2.24, 2.45) is 0 Å². The fourth-order valence-corrected chi connectivity index (χ4v) is 4.49. The van der Waals surface area contributed by atoms with E-state index in [9.17, 15) is 14.7 Å². The Morgan fingerprint density at radius 2 is 1.92 bits per heavy atom. The maximum Gasteiger partial charge on any atom is 0.301 e. The maximum atomic E-state index is 12.8. The number of aliphatic hydroxyl groups is 1. The molecule has 1 aliphatic heterocycles. The van der Waals surface area contributed by atoms with Gasteiger partial charge in [-0.3, -0.25) is 14.5 Å². The molecule has 26 heavy (non-hydrogen) atoms. The molecule has 2 aromatic heterocycles. The van der Waals surface area contributed by atoms with E-state index in [1.807, 2.05) is 25.1 Å². The van der Waals surface area contributed by atoms with Gasteiger partial charge in [-0.25, -0.2) is 0 Å². The number of aryl methyl sites for hydroxylation is 1. The Bertz CT molecular complexity index is 1010. The first kappa shape index (κ1) is 16.6. The second-order valence-corrected chi connectivity index (χ2v) is 7.84. The highest BCUT2D eigenvalue weighted by atomic mass is 32.1. The molecule has 1 aliphatic rings. The number of carbonyl (C=O) groups excluding carboxylic acids is 2. The van der Waals surface area contributed by atoms with Gasteiger partial charge in [0.2, 0.25) is 5.13 Å². The van der Waals surface area contributed by atoms with Crippen LogP contribution >= 0.6 is 22.7 Å². The van der Waals surface area contributed by atoms with E-state index in [0.29, 0.717) is 10.7 Å². The van der Waals surface area contributed by atoms with Gasteiger partial charge in [0.15, 0.2) is 0 Å². The third-order valence-electron chi connectivity index (χ3n) is 4.08. The number of ketones is 1. The van der Waals surface area contributed by atoms with Crippen LogP contribution in [-0.4, -0.2) is 27.0 Å². The van der Waals surface area contributed by atoms with Crippen molar-refractivity contribution in [2.75, 3.05) is 4.90 Å². The standard InChI is InChI=1S/C18H13N3O3S2/c1-10-7-8-12(26-10)14-13(15(22)11-5-3-2-4-6-11)16(23)17(24)21(14)18-20-19-9-25-18/h2-9,14,22H,1H3/b15-13+. The van der Waals surface area contributed by atoms with Gasteiger partial charge in [0.25, 0.3) is 5.78 Å². The average Bonchev–Trinajstić information content (AvgIpc) is 3.37. The second kappa shape index (κ2) is 6.47. The molecule has 8 heteroatoms. The minimum atomic E-state index is -0.724. The third kappa shape index (κ3) is 2.63. The number of aliphatic hydroxyl groups excluding tert-OH is 1. The summed E-state index contributed by atoms with van der Waals surface area (Å²) in [4.78, 5) is 28.6. The summed E-state index contributed by atoms with van der Waals surface area (Å²) in [6, 6.07) is 11.8. The van der Waals surface area contributed by atoms with Crippen molar-refractivity contribution in [2.45, 2.75) is 13.0 Å². The minimum Gasteiger partial charge on any atom is -0.507 e. The van der Waals surface area contributed by atoms with Gasteiger partial charge >= 0.3 is 5.91 Å². The fourth-order valence-electron chi connectivity index (χ4n) is 2.92. The van der Waals surface area contributed by atoms with Gasteiger partial charge < -0.3 is 5.11 Å². The molecule has 130 valence electrons. The molecule has 1 fully saturated rings. The Hall–Kier alpha value is -2.84. The van der Waals surface area contributed by atoms with Gasteiger partial charge in [-0.1, -0.05) is 41.7 Å². The first-order valence-corrected chi connectivity index (χ1v) is 9.46. The van der Waals surface area contributed by atoms with Crippen LogP contribution in [-0.2, 0) is 9.59 Å². The summed E-state index contributed by atoms with van der Waals surface area (Å²) < 4.78 is 0. The van der Waals surface area contributed by atoms with Crippen molar-refractivity contribution < 1.29 is 14.7 Å². The topological polar surface area (TPSA) is 83.4 Å². The Kier molecular flexibility index (Phi) is 4.14. The van der Waals surface area contributed by atoms with E-state index < -0.39 is 17.7 Å². The second-order valence-electron chi connectivity index (χ2n) is 5.70. The van der Waals surface area contributed by atoms with Crippen molar-refractivity contribution in [3.05, 3.63) is 68.9 Å².